The van der Waals surface area contributed by atoms with Crippen LogP contribution in [0.5, 0.6) is 0 Å². The summed E-state index contributed by atoms with van der Waals surface area (Å²) < 4.78 is 7.42. The van der Waals surface area contributed by atoms with E-state index in [0.29, 0.717) is 5.56 Å². The van der Waals surface area contributed by atoms with E-state index in [1.54, 1.807) is 12.3 Å². The Kier molecular flexibility index (Phi) is 3.19. The van der Waals surface area contributed by atoms with Gasteiger partial charge in [-0.3, -0.25) is 0 Å². The highest BCUT2D eigenvalue weighted by atomic mass is 79.9. The van der Waals surface area contributed by atoms with Crippen LogP contribution in [0, 0.1) is 0 Å². The summed E-state index contributed by atoms with van der Waals surface area (Å²) in [6, 6.07) is 3.59. The number of fused-ring (bicyclic) bond motifs is 1. The van der Waals surface area contributed by atoms with Crippen molar-refractivity contribution in [3.8, 4) is 0 Å². The summed E-state index contributed by atoms with van der Waals surface area (Å²) in [7, 11) is 1.37. The minimum absolute atomic E-state index is 0.279. The molecule has 0 saturated heterocycles. The van der Waals surface area contributed by atoms with Gasteiger partial charge in [-0.15, -0.1) is 0 Å². The van der Waals surface area contributed by atoms with Crippen LogP contribution in [0.4, 0.5) is 0 Å². The van der Waals surface area contributed by atoms with Gasteiger partial charge in [0.25, 0.3) is 0 Å². The van der Waals surface area contributed by atoms with Gasteiger partial charge in [0.1, 0.15) is 10.4 Å². The van der Waals surface area contributed by atoms with Crippen LogP contribution in [0.25, 0.3) is 5.52 Å². The fourth-order valence-corrected chi connectivity index (χ4v) is 2.22. The predicted molar refractivity (Wildman–Crippen MR) is 68.3 cm³/mol. The smallest absolute Gasteiger partial charge is 0.339 e. The molecule has 4 nitrogen and oxygen atoms in total. The van der Waals surface area contributed by atoms with Gasteiger partial charge in [-0.25, -0.2) is 9.78 Å². The van der Waals surface area contributed by atoms with Gasteiger partial charge in [-0.2, -0.15) is 0 Å². The SMILES string of the molecule is COC(=O)c1ccc2c(Br)nc(C(C)C)n2c1. The highest BCUT2D eigenvalue weighted by molar-refractivity contribution is 9.10. The molecule has 0 spiro atoms. The lowest BCUT2D eigenvalue weighted by Gasteiger charge is -2.05. The maximum atomic E-state index is 11.5. The maximum absolute atomic E-state index is 11.5. The second-order valence-electron chi connectivity index (χ2n) is 4.08. The lowest BCUT2D eigenvalue weighted by atomic mass is 10.2. The van der Waals surface area contributed by atoms with Crippen LogP contribution in [0.15, 0.2) is 22.9 Å². The van der Waals surface area contributed by atoms with E-state index < -0.39 is 0 Å². The number of esters is 1. The topological polar surface area (TPSA) is 43.6 Å². The van der Waals surface area contributed by atoms with Crippen molar-refractivity contribution in [3.63, 3.8) is 0 Å². The molecule has 0 radical (unpaired) electrons. The Bertz CT molecular complexity index is 575. The van der Waals surface area contributed by atoms with Crippen LogP contribution in [0.2, 0.25) is 0 Å². The molecule has 0 bridgehead atoms. The van der Waals surface area contributed by atoms with Gasteiger partial charge >= 0.3 is 5.97 Å². The van der Waals surface area contributed by atoms with E-state index in [4.69, 9.17) is 4.74 Å². The van der Waals surface area contributed by atoms with Crippen LogP contribution < -0.4 is 0 Å². The number of pyridine rings is 1. The normalized spacial score (nSPS) is 11.1. The lowest BCUT2D eigenvalue weighted by molar-refractivity contribution is 0.0600. The predicted octanol–water partition coefficient (Wildman–Crippen LogP) is 3.01. The molecule has 0 aliphatic rings. The third-order valence-corrected chi connectivity index (χ3v) is 3.14. The number of nitrogens with zero attached hydrogens (tertiary/aromatic N) is 2. The zero-order valence-electron chi connectivity index (χ0n) is 9.90. The molecule has 0 unspecified atom stereocenters. The van der Waals surface area contributed by atoms with E-state index in [0.717, 1.165) is 15.9 Å². The number of hydrogen-bond donors (Lipinski definition) is 0. The van der Waals surface area contributed by atoms with E-state index >= 15 is 0 Å². The van der Waals surface area contributed by atoms with E-state index in [9.17, 15) is 4.79 Å². The Labute approximate surface area is 108 Å². The lowest BCUT2D eigenvalue weighted by Crippen LogP contribution is -2.04. The summed E-state index contributed by atoms with van der Waals surface area (Å²) >= 11 is 3.42. The van der Waals surface area contributed by atoms with Crippen LogP contribution in [0.1, 0.15) is 35.9 Å². The van der Waals surface area contributed by atoms with Gasteiger partial charge in [0.05, 0.1) is 18.2 Å². The highest BCUT2D eigenvalue weighted by Gasteiger charge is 2.14. The van der Waals surface area contributed by atoms with Gasteiger partial charge in [0.2, 0.25) is 0 Å². The summed E-state index contributed by atoms with van der Waals surface area (Å²) in [4.78, 5) is 15.9. The standard InChI is InChI=1S/C12H13BrN2O2/c1-7(2)11-14-10(13)9-5-4-8(6-15(9)11)12(16)17-3/h4-7H,1-3H3. The van der Waals surface area contributed by atoms with Crippen molar-refractivity contribution in [3.05, 3.63) is 34.3 Å². The molecule has 0 saturated carbocycles. The monoisotopic (exact) mass is 296 g/mol. The van der Waals surface area contributed by atoms with Crippen molar-refractivity contribution in [2.24, 2.45) is 0 Å². The van der Waals surface area contributed by atoms with Gasteiger partial charge in [0.15, 0.2) is 0 Å². The van der Waals surface area contributed by atoms with Gasteiger partial charge in [-0.1, -0.05) is 13.8 Å². The molecule has 90 valence electrons. The molecule has 0 atom stereocenters. The van der Waals surface area contributed by atoms with E-state index in [2.05, 4.69) is 34.8 Å². The van der Waals surface area contributed by atoms with Gasteiger partial charge in [0, 0.05) is 12.1 Å². The fraction of sp³-hybridized carbons (Fsp3) is 0.333. The maximum Gasteiger partial charge on any atom is 0.339 e. The Morgan fingerprint density at radius 3 is 2.76 bits per heavy atom. The van der Waals surface area contributed by atoms with Crippen molar-refractivity contribution < 1.29 is 9.53 Å². The summed E-state index contributed by atoms with van der Waals surface area (Å²) in [6.07, 6.45) is 1.76. The van der Waals surface area contributed by atoms with Crippen molar-refractivity contribution in [1.82, 2.24) is 9.38 Å². The molecule has 2 rings (SSSR count). The quantitative estimate of drug-likeness (QED) is 0.800. The average molecular weight is 297 g/mol. The third-order valence-electron chi connectivity index (χ3n) is 2.56. The molecule has 5 heteroatoms. The van der Waals surface area contributed by atoms with Crippen LogP contribution >= 0.6 is 15.9 Å². The molecular weight excluding hydrogens is 284 g/mol. The average Bonchev–Trinajstić information content (AvgIpc) is 2.65. The Balaban J connectivity index is 2.66. The molecule has 0 N–H and O–H groups in total. The third kappa shape index (κ3) is 2.07. The number of carbonyl (C=O) groups excluding carboxylic acids is 1. The second-order valence-corrected chi connectivity index (χ2v) is 4.83. The largest absolute Gasteiger partial charge is 0.465 e. The Morgan fingerprint density at radius 2 is 2.18 bits per heavy atom. The number of halogens is 1. The summed E-state index contributed by atoms with van der Waals surface area (Å²) in [6.45, 7) is 4.12. The van der Waals surface area contributed by atoms with Crippen molar-refractivity contribution in [2.45, 2.75) is 19.8 Å². The van der Waals surface area contributed by atoms with Crippen molar-refractivity contribution >= 4 is 27.4 Å². The summed E-state index contributed by atoms with van der Waals surface area (Å²) in [5, 5.41) is 0. The summed E-state index contributed by atoms with van der Waals surface area (Å²) in [5.41, 5.74) is 1.47. The molecule has 0 fully saturated rings. The van der Waals surface area contributed by atoms with Crippen LogP contribution in [-0.2, 0) is 4.74 Å². The number of carbonyl (C=O) groups is 1. The highest BCUT2D eigenvalue weighted by Crippen LogP contribution is 2.24. The molecule has 0 aromatic carbocycles. The zero-order chi connectivity index (χ0) is 12.6. The fourth-order valence-electron chi connectivity index (χ4n) is 1.72. The minimum atomic E-state index is -0.341. The van der Waals surface area contributed by atoms with E-state index in [-0.39, 0.29) is 11.9 Å². The number of ether oxygens (including phenoxy) is 1. The molecule has 0 aliphatic heterocycles. The first-order valence-corrected chi connectivity index (χ1v) is 6.09. The molecule has 0 amide bonds. The second kappa shape index (κ2) is 4.49. The molecule has 2 heterocycles. The molecule has 2 aromatic rings. The first-order valence-electron chi connectivity index (χ1n) is 5.30. The molecule has 2 aromatic heterocycles. The first-order chi connectivity index (χ1) is 8.04. The van der Waals surface area contributed by atoms with Crippen molar-refractivity contribution in [2.75, 3.05) is 7.11 Å². The number of rotatable bonds is 2. The van der Waals surface area contributed by atoms with E-state index in [1.165, 1.54) is 7.11 Å². The minimum Gasteiger partial charge on any atom is -0.465 e. The Hall–Kier alpha value is -1.36. The zero-order valence-corrected chi connectivity index (χ0v) is 11.5. The number of hydrogen-bond acceptors (Lipinski definition) is 3. The number of aromatic nitrogens is 2. The molecular formula is C12H13BrN2O2. The first kappa shape index (κ1) is 12.1. The number of methoxy groups -OCH3 is 1. The van der Waals surface area contributed by atoms with E-state index in [1.807, 2.05) is 10.5 Å². The van der Waals surface area contributed by atoms with Crippen LogP contribution in [-0.4, -0.2) is 22.5 Å². The summed E-state index contributed by atoms with van der Waals surface area (Å²) in [5.74, 6) is 0.853. The van der Waals surface area contributed by atoms with Gasteiger partial charge < -0.3 is 9.14 Å². The molecule has 17 heavy (non-hydrogen) atoms. The molecule has 0 aliphatic carbocycles. The van der Waals surface area contributed by atoms with Crippen LogP contribution in [0.3, 0.4) is 0 Å². The Morgan fingerprint density at radius 1 is 1.47 bits per heavy atom. The number of imidazole rings is 1. The van der Waals surface area contributed by atoms with Crippen molar-refractivity contribution in [1.29, 1.82) is 0 Å². The van der Waals surface area contributed by atoms with Gasteiger partial charge in [-0.05, 0) is 28.1 Å².